The van der Waals surface area contributed by atoms with Crippen LogP contribution < -0.4 is 5.32 Å². The predicted octanol–water partition coefficient (Wildman–Crippen LogP) is 3.61. The lowest BCUT2D eigenvalue weighted by molar-refractivity contribution is 0.245. The summed E-state index contributed by atoms with van der Waals surface area (Å²) < 4.78 is 0. The fourth-order valence-corrected chi connectivity index (χ4v) is 2.85. The summed E-state index contributed by atoms with van der Waals surface area (Å²) in [6.07, 6.45) is 3.45. The highest BCUT2D eigenvalue weighted by molar-refractivity contribution is 5.63. The van der Waals surface area contributed by atoms with Crippen molar-refractivity contribution in [2.24, 2.45) is 5.41 Å². The van der Waals surface area contributed by atoms with Gasteiger partial charge in [0.05, 0.1) is 0 Å². The molecule has 3 rings (SSSR count). The van der Waals surface area contributed by atoms with Gasteiger partial charge < -0.3 is 10.4 Å². The van der Waals surface area contributed by atoms with Gasteiger partial charge in [0.15, 0.2) is 0 Å². The summed E-state index contributed by atoms with van der Waals surface area (Å²) >= 11 is 0. The third kappa shape index (κ3) is 3.72. The van der Waals surface area contributed by atoms with Crippen molar-refractivity contribution in [2.75, 3.05) is 13.2 Å². The van der Waals surface area contributed by atoms with Gasteiger partial charge in [-0.05, 0) is 41.4 Å². The first kappa shape index (κ1) is 14.3. The second-order valence-corrected chi connectivity index (χ2v) is 6.14. The Morgan fingerprint density at radius 1 is 0.905 bits per heavy atom. The van der Waals surface area contributed by atoms with E-state index < -0.39 is 0 Å². The van der Waals surface area contributed by atoms with E-state index in [0.717, 1.165) is 19.5 Å². The number of aliphatic hydroxyl groups excluding tert-OH is 1. The van der Waals surface area contributed by atoms with Crippen LogP contribution in [-0.2, 0) is 6.54 Å². The molecule has 0 aromatic heterocycles. The minimum Gasteiger partial charge on any atom is -0.396 e. The first-order valence-corrected chi connectivity index (χ1v) is 7.77. The fourth-order valence-electron chi connectivity index (χ4n) is 2.85. The van der Waals surface area contributed by atoms with Crippen LogP contribution in [0.1, 0.15) is 24.8 Å². The minimum absolute atomic E-state index is 0.313. The molecule has 0 atom stereocenters. The van der Waals surface area contributed by atoms with Crippen LogP contribution in [0.5, 0.6) is 0 Å². The monoisotopic (exact) mass is 281 g/mol. The number of rotatable bonds is 7. The number of nitrogens with one attached hydrogen (secondary N) is 1. The van der Waals surface area contributed by atoms with E-state index in [1.54, 1.807) is 0 Å². The number of benzene rings is 2. The van der Waals surface area contributed by atoms with Gasteiger partial charge in [-0.25, -0.2) is 0 Å². The van der Waals surface area contributed by atoms with Gasteiger partial charge in [-0.3, -0.25) is 0 Å². The fraction of sp³-hybridized carbons (Fsp3) is 0.368. The highest BCUT2D eigenvalue weighted by Gasteiger charge is 2.41. The van der Waals surface area contributed by atoms with Crippen LogP contribution in [0, 0.1) is 5.41 Å². The zero-order valence-electron chi connectivity index (χ0n) is 12.4. The number of hydrogen-bond donors (Lipinski definition) is 2. The standard InChI is InChI=1S/C19H23NO/c21-13-12-19(10-11-19)15-20-14-16-6-8-18(9-7-16)17-4-2-1-3-5-17/h1-9,20-21H,10-15H2. The van der Waals surface area contributed by atoms with Crippen molar-refractivity contribution in [3.05, 3.63) is 60.2 Å². The van der Waals surface area contributed by atoms with Gasteiger partial charge in [0, 0.05) is 19.7 Å². The van der Waals surface area contributed by atoms with E-state index in [4.69, 9.17) is 5.11 Å². The Hall–Kier alpha value is -1.64. The molecule has 1 aliphatic rings. The summed E-state index contributed by atoms with van der Waals surface area (Å²) in [4.78, 5) is 0. The molecule has 1 fully saturated rings. The largest absolute Gasteiger partial charge is 0.396 e. The van der Waals surface area contributed by atoms with Crippen molar-refractivity contribution >= 4 is 0 Å². The summed E-state index contributed by atoms with van der Waals surface area (Å²) in [6, 6.07) is 19.2. The Balaban J connectivity index is 1.53. The number of hydrogen-bond acceptors (Lipinski definition) is 2. The van der Waals surface area contributed by atoms with Gasteiger partial charge in [0.2, 0.25) is 0 Å². The Labute approximate surface area is 126 Å². The Morgan fingerprint density at radius 2 is 1.57 bits per heavy atom. The third-order valence-electron chi connectivity index (χ3n) is 4.49. The lowest BCUT2D eigenvalue weighted by atomic mass is 10.0. The maximum Gasteiger partial charge on any atom is 0.0436 e. The van der Waals surface area contributed by atoms with Gasteiger partial charge in [-0.2, -0.15) is 0 Å². The first-order chi connectivity index (χ1) is 10.3. The first-order valence-electron chi connectivity index (χ1n) is 7.77. The van der Waals surface area contributed by atoms with E-state index in [1.807, 2.05) is 6.07 Å². The smallest absolute Gasteiger partial charge is 0.0436 e. The van der Waals surface area contributed by atoms with Crippen LogP contribution >= 0.6 is 0 Å². The molecule has 0 spiro atoms. The lowest BCUT2D eigenvalue weighted by Gasteiger charge is -2.14. The molecule has 110 valence electrons. The molecule has 2 nitrogen and oxygen atoms in total. The van der Waals surface area contributed by atoms with E-state index in [9.17, 15) is 0 Å². The van der Waals surface area contributed by atoms with Gasteiger partial charge in [0.1, 0.15) is 0 Å². The van der Waals surface area contributed by atoms with Crippen LogP contribution in [0.25, 0.3) is 11.1 Å². The van der Waals surface area contributed by atoms with Gasteiger partial charge in [-0.15, -0.1) is 0 Å². The average molecular weight is 281 g/mol. The molecule has 0 aliphatic heterocycles. The topological polar surface area (TPSA) is 32.3 Å². The van der Waals surface area contributed by atoms with Gasteiger partial charge in [0.25, 0.3) is 0 Å². The number of aliphatic hydroxyl groups is 1. The Kier molecular flexibility index (Phi) is 4.37. The molecule has 1 saturated carbocycles. The van der Waals surface area contributed by atoms with Gasteiger partial charge >= 0.3 is 0 Å². The van der Waals surface area contributed by atoms with Crippen molar-refractivity contribution in [3.63, 3.8) is 0 Å². The summed E-state index contributed by atoms with van der Waals surface area (Å²) in [5.41, 5.74) is 4.23. The predicted molar refractivity (Wildman–Crippen MR) is 87.0 cm³/mol. The molecular formula is C19H23NO. The summed E-state index contributed by atoms with van der Waals surface area (Å²) in [5, 5.41) is 12.6. The van der Waals surface area contributed by atoms with E-state index in [-0.39, 0.29) is 0 Å². The molecule has 0 amide bonds. The zero-order chi connectivity index (χ0) is 14.5. The highest BCUT2D eigenvalue weighted by Crippen LogP contribution is 2.47. The molecule has 2 heteroatoms. The molecule has 1 aliphatic carbocycles. The molecule has 0 radical (unpaired) electrons. The molecule has 0 unspecified atom stereocenters. The van der Waals surface area contributed by atoms with Crippen molar-refractivity contribution in [1.29, 1.82) is 0 Å². The van der Waals surface area contributed by atoms with E-state index in [1.165, 1.54) is 29.5 Å². The Bertz CT molecular complexity index is 558. The van der Waals surface area contributed by atoms with Crippen LogP contribution in [0.15, 0.2) is 54.6 Å². The zero-order valence-corrected chi connectivity index (χ0v) is 12.4. The molecular weight excluding hydrogens is 258 g/mol. The molecule has 2 aromatic carbocycles. The second kappa shape index (κ2) is 6.42. The quantitative estimate of drug-likeness (QED) is 0.812. The molecule has 2 aromatic rings. The maximum atomic E-state index is 9.07. The maximum absolute atomic E-state index is 9.07. The van der Waals surface area contributed by atoms with Crippen LogP contribution in [0.4, 0.5) is 0 Å². The van der Waals surface area contributed by atoms with Crippen molar-refractivity contribution in [2.45, 2.75) is 25.8 Å². The van der Waals surface area contributed by atoms with E-state index >= 15 is 0 Å². The van der Waals surface area contributed by atoms with Crippen molar-refractivity contribution in [3.8, 4) is 11.1 Å². The molecule has 0 heterocycles. The van der Waals surface area contributed by atoms with E-state index in [0.29, 0.717) is 12.0 Å². The molecule has 21 heavy (non-hydrogen) atoms. The summed E-state index contributed by atoms with van der Waals surface area (Å²) in [6.45, 7) is 2.24. The molecule has 2 N–H and O–H groups in total. The summed E-state index contributed by atoms with van der Waals surface area (Å²) in [7, 11) is 0. The van der Waals surface area contributed by atoms with Crippen LogP contribution in [0.2, 0.25) is 0 Å². The minimum atomic E-state index is 0.313. The molecule has 0 bridgehead atoms. The van der Waals surface area contributed by atoms with Gasteiger partial charge in [-0.1, -0.05) is 54.6 Å². The normalized spacial score (nSPS) is 15.9. The summed E-state index contributed by atoms with van der Waals surface area (Å²) in [5.74, 6) is 0. The van der Waals surface area contributed by atoms with Crippen molar-refractivity contribution < 1.29 is 5.11 Å². The van der Waals surface area contributed by atoms with Crippen LogP contribution in [-0.4, -0.2) is 18.3 Å². The van der Waals surface area contributed by atoms with Crippen molar-refractivity contribution in [1.82, 2.24) is 5.32 Å². The lowest BCUT2D eigenvalue weighted by Crippen LogP contribution is -2.24. The third-order valence-corrected chi connectivity index (χ3v) is 4.49. The Morgan fingerprint density at radius 3 is 2.19 bits per heavy atom. The second-order valence-electron chi connectivity index (χ2n) is 6.14. The highest BCUT2D eigenvalue weighted by atomic mass is 16.3. The van der Waals surface area contributed by atoms with Crippen LogP contribution in [0.3, 0.4) is 0 Å². The van der Waals surface area contributed by atoms with E-state index in [2.05, 4.69) is 53.8 Å². The average Bonchev–Trinajstić information content (AvgIpc) is 3.29. The molecule has 0 saturated heterocycles. The SMILES string of the molecule is OCCC1(CNCc2ccc(-c3ccccc3)cc2)CC1.